The monoisotopic (exact) mass is 280 g/mol. The Labute approximate surface area is 117 Å². The van der Waals surface area contributed by atoms with Gasteiger partial charge in [0.1, 0.15) is 11.8 Å². The van der Waals surface area contributed by atoms with E-state index in [2.05, 4.69) is 10.3 Å². The lowest BCUT2D eigenvalue weighted by atomic mass is 9.82. The highest BCUT2D eigenvalue weighted by molar-refractivity contribution is 5.85. The highest BCUT2D eigenvalue weighted by Crippen LogP contribution is 2.41. The number of carboxylic acids is 1. The molecule has 1 atom stereocenters. The van der Waals surface area contributed by atoms with Gasteiger partial charge in [0.15, 0.2) is 0 Å². The van der Waals surface area contributed by atoms with Gasteiger partial charge in [-0.3, -0.25) is 9.59 Å². The average Bonchev–Trinajstić information content (AvgIpc) is 2.98. The molecule has 20 heavy (non-hydrogen) atoms. The maximum atomic E-state index is 12.1. The van der Waals surface area contributed by atoms with Gasteiger partial charge in [0.2, 0.25) is 11.8 Å². The van der Waals surface area contributed by atoms with Crippen molar-refractivity contribution >= 4 is 11.9 Å². The quantitative estimate of drug-likeness (QED) is 0.862. The average molecular weight is 280 g/mol. The van der Waals surface area contributed by atoms with Gasteiger partial charge in [0.05, 0.1) is 11.6 Å². The van der Waals surface area contributed by atoms with Gasteiger partial charge in [0.25, 0.3) is 0 Å². The topological polar surface area (TPSA) is 92.4 Å². The molecule has 2 rings (SSSR count). The van der Waals surface area contributed by atoms with Crippen LogP contribution in [-0.4, -0.2) is 22.0 Å². The molecule has 1 fully saturated rings. The van der Waals surface area contributed by atoms with Crippen LogP contribution >= 0.6 is 0 Å². The standard InChI is InChI=1S/C14H20N2O4/c1-9-8-15-12(20-9)10(2)16-11(17)7-14(13(18)19)5-3-4-6-14/h8,10H,3-7H2,1-2H3,(H,16,17)(H,18,19). The van der Waals surface area contributed by atoms with Crippen LogP contribution in [-0.2, 0) is 9.59 Å². The number of nitrogens with zero attached hydrogens (tertiary/aromatic N) is 1. The maximum Gasteiger partial charge on any atom is 0.310 e. The predicted molar refractivity (Wildman–Crippen MR) is 71.0 cm³/mol. The Balaban J connectivity index is 1.96. The molecule has 0 spiro atoms. The molecule has 1 aromatic heterocycles. The summed E-state index contributed by atoms with van der Waals surface area (Å²) in [4.78, 5) is 27.5. The molecule has 0 saturated heterocycles. The van der Waals surface area contributed by atoms with E-state index in [-0.39, 0.29) is 18.4 Å². The smallest absolute Gasteiger partial charge is 0.310 e. The van der Waals surface area contributed by atoms with Crippen LogP contribution in [0.4, 0.5) is 0 Å². The van der Waals surface area contributed by atoms with E-state index in [0.717, 1.165) is 12.8 Å². The zero-order chi connectivity index (χ0) is 14.8. The number of amides is 1. The number of aryl methyl sites for hydroxylation is 1. The Morgan fingerprint density at radius 1 is 1.50 bits per heavy atom. The lowest BCUT2D eigenvalue weighted by molar-refractivity contribution is -0.151. The highest BCUT2D eigenvalue weighted by Gasteiger charge is 2.43. The summed E-state index contributed by atoms with van der Waals surface area (Å²) in [6, 6.07) is -0.358. The summed E-state index contributed by atoms with van der Waals surface area (Å²) in [6.45, 7) is 3.55. The van der Waals surface area contributed by atoms with E-state index in [4.69, 9.17) is 4.42 Å². The zero-order valence-corrected chi connectivity index (χ0v) is 11.8. The summed E-state index contributed by atoms with van der Waals surface area (Å²) < 4.78 is 5.35. The summed E-state index contributed by atoms with van der Waals surface area (Å²) in [7, 11) is 0. The number of carboxylic acid groups (broad SMARTS) is 1. The molecule has 6 nitrogen and oxygen atoms in total. The minimum Gasteiger partial charge on any atom is -0.481 e. The maximum absolute atomic E-state index is 12.1. The molecule has 0 aliphatic heterocycles. The van der Waals surface area contributed by atoms with Crippen LogP contribution in [0.25, 0.3) is 0 Å². The second kappa shape index (κ2) is 5.64. The van der Waals surface area contributed by atoms with Crippen molar-refractivity contribution in [3.8, 4) is 0 Å². The number of oxazole rings is 1. The molecule has 110 valence electrons. The lowest BCUT2D eigenvalue weighted by Crippen LogP contribution is -2.36. The van der Waals surface area contributed by atoms with Crippen LogP contribution in [0.1, 0.15) is 56.7 Å². The van der Waals surface area contributed by atoms with E-state index in [1.54, 1.807) is 20.0 Å². The number of carbonyl (C=O) groups excluding carboxylic acids is 1. The molecule has 2 N–H and O–H groups in total. The Hall–Kier alpha value is -1.85. The lowest BCUT2D eigenvalue weighted by Gasteiger charge is -2.23. The van der Waals surface area contributed by atoms with Crippen molar-refractivity contribution in [2.45, 2.75) is 52.0 Å². The number of aliphatic carboxylic acids is 1. The molecule has 6 heteroatoms. The van der Waals surface area contributed by atoms with Crippen molar-refractivity contribution in [3.63, 3.8) is 0 Å². The largest absolute Gasteiger partial charge is 0.481 e. The van der Waals surface area contributed by atoms with Gasteiger partial charge in [-0.15, -0.1) is 0 Å². The molecule has 1 amide bonds. The Bertz CT molecular complexity index is 503. The van der Waals surface area contributed by atoms with Crippen molar-refractivity contribution in [2.75, 3.05) is 0 Å². The van der Waals surface area contributed by atoms with Crippen molar-refractivity contribution in [2.24, 2.45) is 5.41 Å². The van der Waals surface area contributed by atoms with Gasteiger partial charge >= 0.3 is 5.97 Å². The summed E-state index contributed by atoms with van der Waals surface area (Å²) in [5, 5.41) is 12.1. The molecule has 1 aliphatic carbocycles. The minimum absolute atomic E-state index is 0.0202. The van der Waals surface area contributed by atoms with Crippen LogP contribution in [0, 0.1) is 12.3 Å². The SMILES string of the molecule is Cc1cnc(C(C)NC(=O)CC2(C(=O)O)CCCC2)o1. The van der Waals surface area contributed by atoms with E-state index < -0.39 is 11.4 Å². The first-order chi connectivity index (χ1) is 9.43. The van der Waals surface area contributed by atoms with Gasteiger partial charge in [-0.1, -0.05) is 12.8 Å². The van der Waals surface area contributed by atoms with Crippen LogP contribution in [0.3, 0.4) is 0 Å². The van der Waals surface area contributed by atoms with Crippen molar-refractivity contribution in [3.05, 3.63) is 17.8 Å². The fourth-order valence-corrected chi connectivity index (χ4v) is 2.75. The summed E-state index contributed by atoms with van der Waals surface area (Å²) in [5.74, 6) is -0.0204. The van der Waals surface area contributed by atoms with E-state index in [9.17, 15) is 14.7 Å². The van der Waals surface area contributed by atoms with E-state index in [1.807, 2.05) is 0 Å². The first-order valence-corrected chi connectivity index (χ1v) is 6.88. The second-order valence-electron chi connectivity index (χ2n) is 5.57. The molecule has 1 unspecified atom stereocenters. The van der Waals surface area contributed by atoms with E-state index in [1.165, 1.54) is 0 Å². The van der Waals surface area contributed by atoms with Crippen molar-refractivity contribution < 1.29 is 19.1 Å². The number of aromatic nitrogens is 1. The van der Waals surface area contributed by atoms with Gasteiger partial charge in [0, 0.05) is 6.42 Å². The zero-order valence-electron chi connectivity index (χ0n) is 11.8. The summed E-state index contributed by atoms with van der Waals surface area (Å²) >= 11 is 0. The van der Waals surface area contributed by atoms with Gasteiger partial charge in [-0.05, 0) is 26.7 Å². The first-order valence-electron chi connectivity index (χ1n) is 6.88. The Morgan fingerprint density at radius 3 is 2.65 bits per heavy atom. The van der Waals surface area contributed by atoms with Crippen LogP contribution < -0.4 is 5.32 Å². The van der Waals surface area contributed by atoms with E-state index >= 15 is 0 Å². The van der Waals surface area contributed by atoms with Crippen molar-refractivity contribution in [1.82, 2.24) is 10.3 Å². The number of carbonyl (C=O) groups is 2. The molecule has 1 aliphatic rings. The summed E-state index contributed by atoms with van der Waals surface area (Å²) in [6.07, 6.45) is 4.49. The number of hydrogen-bond acceptors (Lipinski definition) is 4. The molecule has 1 heterocycles. The van der Waals surface area contributed by atoms with Crippen LogP contribution in [0.15, 0.2) is 10.6 Å². The van der Waals surface area contributed by atoms with Crippen LogP contribution in [0.5, 0.6) is 0 Å². The second-order valence-corrected chi connectivity index (χ2v) is 5.57. The fraction of sp³-hybridized carbons (Fsp3) is 0.643. The Kier molecular flexibility index (Phi) is 4.11. The fourth-order valence-electron chi connectivity index (χ4n) is 2.75. The van der Waals surface area contributed by atoms with Gasteiger partial charge < -0.3 is 14.8 Å². The van der Waals surface area contributed by atoms with Gasteiger partial charge in [-0.25, -0.2) is 4.98 Å². The summed E-state index contributed by atoms with van der Waals surface area (Å²) in [5.41, 5.74) is -0.893. The number of rotatable bonds is 5. The molecule has 1 saturated carbocycles. The third kappa shape index (κ3) is 3.00. The predicted octanol–water partition coefficient (Wildman–Crippen LogP) is 2.20. The van der Waals surface area contributed by atoms with Gasteiger partial charge in [-0.2, -0.15) is 0 Å². The van der Waals surface area contributed by atoms with E-state index in [0.29, 0.717) is 24.5 Å². The molecule has 0 bridgehead atoms. The normalized spacial score (nSPS) is 18.7. The first kappa shape index (κ1) is 14.6. The van der Waals surface area contributed by atoms with Crippen molar-refractivity contribution in [1.29, 1.82) is 0 Å². The minimum atomic E-state index is -0.893. The highest BCUT2D eigenvalue weighted by atomic mass is 16.4. The third-order valence-electron chi connectivity index (χ3n) is 3.90. The third-order valence-corrected chi connectivity index (χ3v) is 3.90. The Morgan fingerprint density at radius 2 is 2.15 bits per heavy atom. The van der Waals surface area contributed by atoms with Crippen LogP contribution in [0.2, 0.25) is 0 Å². The molecule has 0 aromatic carbocycles. The molecular weight excluding hydrogens is 260 g/mol. The number of hydrogen-bond donors (Lipinski definition) is 2. The number of nitrogens with one attached hydrogen (secondary N) is 1. The molecule has 1 aromatic rings. The molecular formula is C14H20N2O4. The molecule has 0 radical (unpaired) electrons.